The van der Waals surface area contributed by atoms with Gasteiger partial charge in [0.1, 0.15) is 11.5 Å². The maximum Gasteiger partial charge on any atom is 0.243 e. The molecule has 1 saturated heterocycles. The number of ether oxygens (including phenoxy) is 2. The number of methoxy groups -OCH3 is 2. The van der Waals surface area contributed by atoms with Gasteiger partial charge in [0.2, 0.25) is 15.9 Å². The van der Waals surface area contributed by atoms with Gasteiger partial charge < -0.3 is 14.8 Å². The van der Waals surface area contributed by atoms with Crippen LogP contribution >= 0.6 is 11.6 Å². The van der Waals surface area contributed by atoms with Crippen molar-refractivity contribution >= 4 is 27.5 Å². The minimum Gasteiger partial charge on any atom is -0.497 e. The highest BCUT2D eigenvalue weighted by Crippen LogP contribution is 2.26. The quantitative estimate of drug-likeness (QED) is 0.697. The number of rotatable bonds is 7. The van der Waals surface area contributed by atoms with Crippen molar-refractivity contribution in [3.05, 3.63) is 53.1 Å². The van der Waals surface area contributed by atoms with Gasteiger partial charge in [-0.05, 0) is 54.8 Å². The summed E-state index contributed by atoms with van der Waals surface area (Å²) in [6, 6.07) is 11.6. The van der Waals surface area contributed by atoms with Crippen molar-refractivity contribution in [1.29, 1.82) is 0 Å². The zero-order valence-electron chi connectivity index (χ0n) is 16.9. The molecular weight excluding hydrogens is 428 g/mol. The molecule has 1 aliphatic heterocycles. The van der Waals surface area contributed by atoms with E-state index in [1.54, 1.807) is 32.4 Å². The third kappa shape index (κ3) is 5.24. The summed E-state index contributed by atoms with van der Waals surface area (Å²) >= 11 is 5.84. The van der Waals surface area contributed by atoms with Crippen molar-refractivity contribution in [1.82, 2.24) is 9.62 Å². The van der Waals surface area contributed by atoms with Crippen LogP contribution in [0.25, 0.3) is 0 Å². The molecule has 1 fully saturated rings. The van der Waals surface area contributed by atoms with Crippen molar-refractivity contribution in [3.63, 3.8) is 0 Å². The minimum absolute atomic E-state index is 0.0830. The van der Waals surface area contributed by atoms with Gasteiger partial charge >= 0.3 is 0 Å². The first-order valence-corrected chi connectivity index (χ1v) is 11.4. The van der Waals surface area contributed by atoms with Crippen LogP contribution in [0.15, 0.2) is 47.4 Å². The van der Waals surface area contributed by atoms with Gasteiger partial charge in [-0.15, -0.1) is 0 Å². The number of sulfonamides is 1. The molecule has 2 aromatic rings. The Balaban J connectivity index is 1.56. The molecule has 0 spiro atoms. The molecule has 7 nitrogen and oxygen atoms in total. The fourth-order valence-corrected chi connectivity index (χ4v) is 5.01. The molecule has 1 aliphatic rings. The maximum absolute atomic E-state index is 12.8. The normalized spacial score (nSPS) is 15.6. The Kier molecular flexibility index (Phi) is 7.23. The number of hydrogen-bond donors (Lipinski definition) is 1. The lowest BCUT2D eigenvalue weighted by Gasteiger charge is -2.30. The number of nitrogens with one attached hydrogen (secondary N) is 1. The van der Waals surface area contributed by atoms with Crippen LogP contribution < -0.4 is 14.8 Å². The molecule has 0 saturated carbocycles. The van der Waals surface area contributed by atoms with E-state index in [1.807, 2.05) is 12.1 Å². The van der Waals surface area contributed by atoms with Gasteiger partial charge in [-0.25, -0.2) is 8.42 Å². The topological polar surface area (TPSA) is 84.9 Å². The Bertz CT molecular complexity index is 965. The summed E-state index contributed by atoms with van der Waals surface area (Å²) in [5, 5.41) is 3.41. The number of nitrogens with zero attached hydrogens (tertiary/aromatic N) is 1. The average Bonchev–Trinajstić information content (AvgIpc) is 2.77. The highest BCUT2D eigenvalue weighted by atomic mass is 35.5. The van der Waals surface area contributed by atoms with E-state index in [-0.39, 0.29) is 16.7 Å². The highest BCUT2D eigenvalue weighted by molar-refractivity contribution is 7.89. The molecule has 2 aromatic carbocycles. The van der Waals surface area contributed by atoms with Gasteiger partial charge in [-0.2, -0.15) is 4.31 Å². The molecule has 1 heterocycles. The predicted molar refractivity (Wildman–Crippen MR) is 114 cm³/mol. The largest absolute Gasteiger partial charge is 0.497 e. The Morgan fingerprint density at radius 2 is 1.63 bits per heavy atom. The van der Waals surface area contributed by atoms with Gasteiger partial charge in [0.05, 0.1) is 19.1 Å². The first-order valence-electron chi connectivity index (χ1n) is 9.59. The summed E-state index contributed by atoms with van der Waals surface area (Å²) in [5.74, 6) is 0.994. The predicted octanol–water partition coefficient (Wildman–Crippen LogP) is 3.07. The van der Waals surface area contributed by atoms with Crippen molar-refractivity contribution < 1.29 is 22.7 Å². The second kappa shape index (κ2) is 9.68. The fourth-order valence-electron chi connectivity index (χ4n) is 3.42. The molecule has 162 valence electrons. The van der Waals surface area contributed by atoms with Crippen molar-refractivity contribution in [2.45, 2.75) is 24.3 Å². The molecule has 1 amide bonds. The van der Waals surface area contributed by atoms with Crippen LogP contribution in [-0.2, 0) is 21.4 Å². The maximum atomic E-state index is 12.8. The molecule has 30 heavy (non-hydrogen) atoms. The van der Waals surface area contributed by atoms with Crippen molar-refractivity contribution in [2.24, 2.45) is 5.92 Å². The summed E-state index contributed by atoms with van der Waals surface area (Å²) in [6.45, 7) is 0.946. The van der Waals surface area contributed by atoms with E-state index < -0.39 is 10.0 Å². The SMILES string of the molecule is COc1cc(CNC(=O)C2CCN(S(=O)(=O)c3ccc(Cl)cc3)CC2)cc(OC)c1. The number of hydrogen-bond acceptors (Lipinski definition) is 5. The van der Waals surface area contributed by atoms with Gasteiger partial charge in [0.25, 0.3) is 0 Å². The van der Waals surface area contributed by atoms with E-state index in [2.05, 4.69) is 5.32 Å². The molecule has 1 N–H and O–H groups in total. The monoisotopic (exact) mass is 452 g/mol. The molecule has 0 unspecified atom stereocenters. The van der Waals surface area contributed by atoms with Gasteiger partial charge in [-0.3, -0.25) is 4.79 Å². The lowest BCUT2D eigenvalue weighted by molar-refractivity contribution is -0.126. The number of carbonyl (C=O) groups excluding carboxylic acids is 1. The van der Waals surface area contributed by atoms with Crippen LogP contribution in [0, 0.1) is 5.92 Å². The first kappa shape index (κ1) is 22.4. The van der Waals surface area contributed by atoms with Gasteiger partial charge in [0, 0.05) is 36.6 Å². The van der Waals surface area contributed by atoms with E-state index >= 15 is 0 Å². The van der Waals surface area contributed by atoms with Gasteiger partial charge in [0.15, 0.2) is 0 Å². The molecule has 0 radical (unpaired) electrons. The van der Waals surface area contributed by atoms with E-state index in [1.165, 1.54) is 16.4 Å². The summed E-state index contributed by atoms with van der Waals surface area (Å²) in [6.07, 6.45) is 0.945. The lowest BCUT2D eigenvalue weighted by atomic mass is 9.97. The Hall–Kier alpha value is -2.29. The van der Waals surface area contributed by atoms with Crippen molar-refractivity contribution in [3.8, 4) is 11.5 Å². The van der Waals surface area contributed by atoms with Crippen LogP contribution in [0.4, 0.5) is 0 Å². The molecular formula is C21H25ClN2O5S. The zero-order chi connectivity index (χ0) is 21.7. The third-order valence-corrected chi connectivity index (χ3v) is 7.32. The second-order valence-electron chi connectivity index (χ2n) is 7.07. The number of amides is 1. The summed E-state index contributed by atoms with van der Waals surface area (Å²) in [4.78, 5) is 12.8. The minimum atomic E-state index is -3.58. The highest BCUT2D eigenvalue weighted by Gasteiger charge is 2.32. The van der Waals surface area contributed by atoms with E-state index in [0.717, 1.165) is 5.56 Å². The van der Waals surface area contributed by atoms with E-state index in [9.17, 15) is 13.2 Å². The van der Waals surface area contributed by atoms with Crippen LogP contribution in [0.2, 0.25) is 5.02 Å². The summed E-state index contributed by atoms with van der Waals surface area (Å²) < 4.78 is 37.4. The Morgan fingerprint density at radius 3 is 2.17 bits per heavy atom. The molecule has 0 aliphatic carbocycles. The second-order valence-corrected chi connectivity index (χ2v) is 9.45. The van der Waals surface area contributed by atoms with Crippen LogP contribution in [-0.4, -0.2) is 45.9 Å². The number of piperidine rings is 1. The Labute approximate surface area is 182 Å². The number of carbonyl (C=O) groups is 1. The molecule has 3 rings (SSSR count). The van der Waals surface area contributed by atoms with Crippen molar-refractivity contribution in [2.75, 3.05) is 27.3 Å². The smallest absolute Gasteiger partial charge is 0.243 e. The third-order valence-electron chi connectivity index (χ3n) is 5.15. The van der Waals surface area contributed by atoms with E-state index in [0.29, 0.717) is 49.0 Å². The standard InChI is InChI=1S/C21H25ClN2O5S/c1-28-18-11-15(12-19(13-18)29-2)14-23-21(25)16-7-9-24(10-8-16)30(26,27)20-5-3-17(22)4-6-20/h3-6,11-13,16H,7-10,14H2,1-2H3,(H,23,25). The summed E-state index contributed by atoms with van der Waals surface area (Å²) in [7, 11) is -0.439. The van der Waals surface area contributed by atoms with Crippen LogP contribution in [0.5, 0.6) is 11.5 Å². The first-order chi connectivity index (χ1) is 14.3. The molecule has 0 bridgehead atoms. The Morgan fingerprint density at radius 1 is 1.07 bits per heavy atom. The lowest BCUT2D eigenvalue weighted by Crippen LogP contribution is -2.42. The number of halogens is 1. The zero-order valence-corrected chi connectivity index (χ0v) is 18.5. The number of benzene rings is 2. The molecule has 0 aromatic heterocycles. The molecule has 0 atom stereocenters. The fraction of sp³-hybridized carbons (Fsp3) is 0.381. The van der Waals surface area contributed by atoms with Gasteiger partial charge in [-0.1, -0.05) is 11.6 Å². The van der Waals surface area contributed by atoms with Crippen LogP contribution in [0.3, 0.4) is 0 Å². The van der Waals surface area contributed by atoms with E-state index in [4.69, 9.17) is 21.1 Å². The van der Waals surface area contributed by atoms with Crippen LogP contribution in [0.1, 0.15) is 18.4 Å². The molecule has 9 heteroatoms. The average molecular weight is 453 g/mol. The summed E-state index contributed by atoms with van der Waals surface area (Å²) in [5.41, 5.74) is 0.863.